The van der Waals surface area contributed by atoms with E-state index in [4.69, 9.17) is 4.74 Å². The van der Waals surface area contributed by atoms with Crippen LogP contribution in [0.4, 0.5) is 11.4 Å². The standard InChI is InChI=1S/C20H34N6O3/c1-4-21-20(24-13-19-15-25(11-12-29-19)14-16(2)3)23-10-9-22-17-5-7-18(8-6-17)26(27)28/h5-8,16,19,22H,4,9-15H2,1-3H3,(H2,21,23,24). The summed E-state index contributed by atoms with van der Waals surface area (Å²) in [5.41, 5.74) is 0.937. The SMILES string of the molecule is CCNC(=NCC1CN(CC(C)C)CCO1)NCCNc1ccc([N+](=O)[O-])cc1. The van der Waals surface area contributed by atoms with Gasteiger partial charge in [-0.15, -0.1) is 0 Å². The van der Waals surface area contributed by atoms with Gasteiger partial charge in [0.1, 0.15) is 0 Å². The van der Waals surface area contributed by atoms with Crippen LogP contribution in [-0.4, -0.2) is 74.3 Å². The number of non-ortho nitro benzene ring substituents is 1. The minimum atomic E-state index is -0.400. The van der Waals surface area contributed by atoms with Crippen LogP contribution >= 0.6 is 0 Å². The smallest absolute Gasteiger partial charge is 0.269 e. The number of nitro benzene ring substituents is 1. The first-order valence-corrected chi connectivity index (χ1v) is 10.3. The zero-order chi connectivity index (χ0) is 21.1. The van der Waals surface area contributed by atoms with Crippen LogP contribution in [0, 0.1) is 16.0 Å². The molecule has 1 aromatic carbocycles. The fourth-order valence-corrected chi connectivity index (χ4v) is 3.20. The second-order valence-electron chi connectivity index (χ2n) is 7.52. The number of hydrogen-bond acceptors (Lipinski definition) is 6. The maximum atomic E-state index is 10.7. The Labute approximate surface area is 173 Å². The number of rotatable bonds is 10. The normalized spacial score (nSPS) is 17.9. The van der Waals surface area contributed by atoms with Crippen LogP contribution in [0.3, 0.4) is 0 Å². The number of aliphatic imine (C=N–C) groups is 1. The number of hydrogen-bond donors (Lipinski definition) is 3. The van der Waals surface area contributed by atoms with E-state index in [1.165, 1.54) is 12.1 Å². The Morgan fingerprint density at radius 2 is 2.07 bits per heavy atom. The number of guanidine groups is 1. The Morgan fingerprint density at radius 1 is 1.31 bits per heavy atom. The number of nitro groups is 1. The lowest BCUT2D eigenvalue weighted by Gasteiger charge is -2.33. The molecule has 1 fully saturated rings. The molecule has 1 aromatic rings. The van der Waals surface area contributed by atoms with Crippen molar-refractivity contribution in [3.05, 3.63) is 34.4 Å². The maximum Gasteiger partial charge on any atom is 0.269 e. The van der Waals surface area contributed by atoms with Crippen molar-refractivity contribution in [2.75, 3.05) is 57.7 Å². The van der Waals surface area contributed by atoms with Gasteiger partial charge >= 0.3 is 0 Å². The molecule has 1 heterocycles. The van der Waals surface area contributed by atoms with Gasteiger partial charge in [-0.2, -0.15) is 0 Å². The lowest BCUT2D eigenvalue weighted by atomic mass is 10.2. The summed E-state index contributed by atoms with van der Waals surface area (Å²) in [7, 11) is 0. The molecule has 0 saturated carbocycles. The first kappa shape index (κ1) is 22.9. The fraction of sp³-hybridized carbons (Fsp3) is 0.650. The highest BCUT2D eigenvalue weighted by atomic mass is 16.6. The van der Waals surface area contributed by atoms with E-state index >= 15 is 0 Å². The van der Waals surface area contributed by atoms with Crippen LogP contribution in [0.5, 0.6) is 0 Å². The molecule has 2 rings (SSSR count). The molecule has 0 aromatic heterocycles. The van der Waals surface area contributed by atoms with Crippen LogP contribution in [0.25, 0.3) is 0 Å². The molecule has 1 aliphatic rings. The van der Waals surface area contributed by atoms with Crippen molar-refractivity contribution in [3.63, 3.8) is 0 Å². The van der Waals surface area contributed by atoms with Gasteiger partial charge in [-0.1, -0.05) is 13.8 Å². The minimum absolute atomic E-state index is 0.0899. The largest absolute Gasteiger partial charge is 0.383 e. The third-order valence-electron chi connectivity index (χ3n) is 4.47. The molecule has 29 heavy (non-hydrogen) atoms. The number of nitrogens with zero attached hydrogens (tertiary/aromatic N) is 3. The van der Waals surface area contributed by atoms with E-state index in [1.807, 2.05) is 6.92 Å². The second-order valence-corrected chi connectivity index (χ2v) is 7.52. The first-order chi connectivity index (χ1) is 14.0. The lowest BCUT2D eigenvalue weighted by molar-refractivity contribution is -0.384. The Hall–Kier alpha value is -2.39. The molecule has 0 aliphatic carbocycles. The Kier molecular flexibility index (Phi) is 9.66. The molecule has 1 unspecified atom stereocenters. The van der Waals surface area contributed by atoms with E-state index in [0.717, 1.165) is 44.4 Å². The highest BCUT2D eigenvalue weighted by Gasteiger charge is 2.20. The molecule has 1 saturated heterocycles. The average molecular weight is 407 g/mol. The van der Waals surface area contributed by atoms with Crippen LogP contribution in [-0.2, 0) is 4.74 Å². The Morgan fingerprint density at radius 3 is 2.72 bits per heavy atom. The third kappa shape index (κ3) is 8.66. The quantitative estimate of drug-likeness (QED) is 0.179. The Bertz CT molecular complexity index is 650. The second kappa shape index (κ2) is 12.2. The number of ether oxygens (including phenoxy) is 1. The molecular formula is C20H34N6O3. The van der Waals surface area contributed by atoms with Crippen molar-refractivity contribution in [2.45, 2.75) is 26.9 Å². The summed E-state index contributed by atoms with van der Waals surface area (Å²) in [5, 5.41) is 20.5. The van der Waals surface area contributed by atoms with Crippen LogP contribution in [0.2, 0.25) is 0 Å². The van der Waals surface area contributed by atoms with Gasteiger partial charge in [-0.25, -0.2) is 0 Å². The van der Waals surface area contributed by atoms with Gasteiger partial charge in [-0.3, -0.25) is 20.0 Å². The predicted molar refractivity (Wildman–Crippen MR) is 117 cm³/mol. The van der Waals surface area contributed by atoms with Gasteiger partial charge in [0.05, 0.1) is 24.2 Å². The van der Waals surface area contributed by atoms with E-state index in [1.54, 1.807) is 12.1 Å². The third-order valence-corrected chi connectivity index (χ3v) is 4.47. The molecular weight excluding hydrogens is 372 g/mol. The van der Waals surface area contributed by atoms with Gasteiger partial charge < -0.3 is 20.7 Å². The first-order valence-electron chi connectivity index (χ1n) is 10.3. The van der Waals surface area contributed by atoms with Crippen molar-refractivity contribution >= 4 is 17.3 Å². The molecule has 162 valence electrons. The van der Waals surface area contributed by atoms with E-state index in [2.05, 4.69) is 39.7 Å². The maximum absolute atomic E-state index is 10.7. The van der Waals surface area contributed by atoms with Gasteiger partial charge in [-0.05, 0) is 25.0 Å². The molecule has 9 nitrogen and oxygen atoms in total. The average Bonchev–Trinajstić information content (AvgIpc) is 2.69. The monoisotopic (exact) mass is 406 g/mol. The predicted octanol–water partition coefficient (Wildman–Crippen LogP) is 1.92. The summed E-state index contributed by atoms with van der Waals surface area (Å²) < 4.78 is 5.86. The van der Waals surface area contributed by atoms with E-state index < -0.39 is 4.92 Å². The molecule has 0 spiro atoms. The number of nitrogens with one attached hydrogen (secondary N) is 3. The lowest BCUT2D eigenvalue weighted by Crippen LogP contribution is -2.46. The van der Waals surface area contributed by atoms with Crippen molar-refractivity contribution < 1.29 is 9.66 Å². The summed E-state index contributed by atoms with van der Waals surface area (Å²) in [6.07, 6.45) is 0.121. The van der Waals surface area contributed by atoms with Crippen molar-refractivity contribution in [3.8, 4) is 0 Å². The van der Waals surface area contributed by atoms with Gasteiger partial charge in [0, 0.05) is 57.1 Å². The van der Waals surface area contributed by atoms with Crippen molar-refractivity contribution in [1.82, 2.24) is 15.5 Å². The molecule has 0 amide bonds. The Balaban J connectivity index is 1.74. The highest BCUT2D eigenvalue weighted by Crippen LogP contribution is 2.14. The molecule has 1 atom stereocenters. The molecule has 0 radical (unpaired) electrons. The zero-order valence-corrected chi connectivity index (χ0v) is 17.7. The molecule has 1 aliphatic heterocycles. The van der Waals surface area contributed by atoms with E-state index in [-0.39, 0.29) is 11.8 Å². The fourth-order valence-electron chi connectivity index (χ4n) is 3.20. The van der Waals surface area contributed by atoms with Gasteiger partial charge in [0.15, 0.2) is 5.96 Å². The summed E-state index contributed by atoms with van der Waals surface area (Å²) >= 11 is 0. The minimum Gasteiger partial charge on any atom is -0.383 e. The summed E-state index contributed by atoms with van der Waals surface area (Å²) in [6, 6.07) is 6.41. The van der Waals surface area contributed by atoms with Crippen molar-refractivity contribution in [2.24, 2.45) is 10.9 Å². The van der Waals surface area contributed by atoms with Gasteiger partial charge in [0.2, 0.25) is 0 Å². The summed E-state index contributed by atoms with van der Waals surface area (Å²) in [4.78, 5) is 17.4. The number of benzene rings is 1. The van der Waals surface area contributed by atoms with Crippen molar-refractivity contribution in [1.29, 1.82) is 0 Å². The number of morpholine rings is 1. The zero-order valence-electron chi connectivity index (χ0n) is 17.7. The molecule has 3 N–H and O–H groups in total. The van der Waals surface area contributed by atoms with E-state index in [9.17, 15) is 10.1 Å². The highest BCUT2D eigenvalue weighted by molar-refractivity contribution is 5.79. The van der Waals surface area contributed by atoms with E-state index in [0.29, 0.717) is 25.6 Å². The summed E-state index contributed by atoms with van der Waals surface area (Å²) in [5.74, 6) is 1.42. The number of anilines is 1. The summed E-state index contributed by atoms with van der Waals surface area (Å²) in [6.45, 7) is 13.0. The van der Waals surface area contributed by atoms with Crippen LogP contribution in [0.15, 0.2) is 29.3 Å². The van der Waals surface area contributed by atoms with Gasteiger partial charge in [0.25, 0.3) is 5.69 Å². The molecule has 0 bridgehead atoms. The van der Waals surface area contributed by atoms with Crippen LogP contribution < -0.4 is 16.0 Å². The van der Waals surface area contributed by atoms with Crippen LogP contribution in [0.1, 0.15) is 20.8 Å². The molecule has 9 heteroatoms. The topological polar surface area (TPSA) is 104 Å².